The third kappa shape index (κ3) is 3.34. The van der Waals surface area contributed by atoms with Crippen molar-refractivity contribution in [1.82, 2.24) is 5.32 Å². The molecule has 4 nitrogen and oxygen atoms in total. The number of rotatable bonds is 5. The van der Waals surface area contributed by atoms with Crippen molar-refractivity contribution in [3.8, 4) is 11.5 Å². The van der Waals surface area contributed by atoms with Crippen LogP contribution in [0.5, 0.6) is 11.5 Å². The second kappa shape index (κ2) is 5.88. The fourth-order valence-corrected chi connectivity index (χ4v) is 2.21. The van der Waals surface area contributed by atoms with E-state index in [4.69, 9.17) is 9.47 Å². The van der Waals surface area contributed by atoms with E-state index in [0.717, 1.165) is 0 Å². The van der Waals surface area contributed by atoms with E-state index in [1.54, 1.807) is 20.2 Å². The zero-order chi connectivity index (χ0) is 14.8. The maximum Gasteiger partial charge on any atom is 0.573 e. The first-order chi connectivity index (χ1) is 9.44. The number of methoxy groups -OCH3 is 1. The topological polar surface area (TPSA) is 39.7 Å². The monoisotopic (exact) mass is 291 g/mol. The van der Waals surface area contributed by atoms with Gasteiger partial charge in [0.25, 0.3) is 0 Å². The third-order valence-corrected chi connectivity index (χ3v) is 3.25. The first-order valence-electron chi connectivity index (χ1n) is 6.16. The molecule has 0 amide bonds. The van der Waals surface area contributed by atoms with Gasteiger partial charge in [0.2, 0.25) is 0 Å². The van der Waals surface area contributed by atoms with Crippen molar-refractivity contribution in [1.29, 1.82) is 0 Å². The van der Waals surface area contributed by atoms with Gasteiger partial charge in [0.1, 0.15) is 12.2 Å². The minimum atomic E-state index is -4.74. The second-order valence-electron chi connectivity index (χ2n) is 4.48. The van der Waals surface area contributed by atoms with E-state index in [1.807, 2.05) is 0 Å². The molecule has 0 bridgehead atoms. The van der Waals surface area contributed by atoms with Crippen LogP contribution in [-0.2, 0) is 4.74 Å². The van der Waals surface area contributed by atoms with Crippen molar-refractivity contribution in [2.75, 3.05) is 14.2 Å². The Bertz CT molecular complexity index is 453. The summed E-state index contributed by atoms with van der Waals surface area (Å²) in [4.78, 5) is 0. The fourth-order valence-electron chi connectivity index (χ4n) is 2.21. The highest BCUT2D eigenvalue weighted by Crippen LogP contribution is 2.36. The molecule has 1 aliphatic carbocycles. The zero-order valence-corrected chi connectivity index (χ0v) is 11.1. The van der Waals surface area contributed by atoms with E-state index in [0.29, 0.717) is 6.42 Å². The standard InChI is InChI=1S/C13H16F3NO3/c1-17-8-7-11(12(8)18-2)19-9-5-3-4-6-10(9)20-13(14,15)16/h3-6,8,11-12,17H,7H2,1-2H3. The summed E-state index contributed by atoms with van der Waals surface area (Å²) in [6.45, 7) is 0. The van der Waals surface area contributed by atoms with Crippen molar-refractivity contribution in [2.24, 2.45) is 0 Å². The van der Waals surface area contributed by atoms with Gasteiger partial charge < -0.3 is 19.5 Å². The Balaban J connectivity index is 2.07. The van der Waals surface area contributed by atoms with Gasteiger partial charge >= 0.3 is 6.36 Å². The highest BCUT2D eigenvalue weighted by atomic mass is 19.4. The predicted octanol–water partition coefficient (Wildman–Crippen LogP) is 2.34. The number of halogens is 3. The molecule has 1 aromatic carbocycles. The molecule has 20 heavy (non-hydrogen) atoms. The van der Waals surface area contributed by atoms with Crippen molar-refractivity contribution >= 4 is 0 Å². The molecule has 0 spiro atoms. The van der Waals surface area contributed by atoms with Gasteiger partial charge in [-0.3, -0.25) is 0 Å². The molecule has 112 valence electrons. The molecule has 1 saturated carbocycles. The van der Waals surface area contributed by atoms with Gasteiger partial charge in [0.05, 0.1) is 0 Å². The normalized spacial score (nSPS) is 25.9. The Labute approximate surface area is 114 Å². The van der Waals surface area contributed by atoms with Crippen LogP contribution in [0.25, 0.3) is 0 Å². The van der Waals surface area contributed by atoms with Crippen molar-refractivity contribution in [3.63, 3.8) is 0 Å². The van der Waals surface area contributed by atoms with Crippen LogP contribution in [0.3, 0.4) is 0 Å². The molecular formula is C13H16F3NO3. The fraction of sp³-hybridized carbons (Fsp3) is 0.538. The molecule has 1 aromatic rings. The number of nitrogens with one attached hydrogen (secondary N) is 1. The van der Waals surface area contributed by atoms with Gasteiger partial charge in [-0.2, -0.15) is 0 Å². The summed E-state index contributed by atoms with van der Waals surface area (Å²) < 4.78 is 51.7. The molecule has 1 fully saturated rings. The molecule has 0 aliphatic heterocycles. The van der Waals surface area contributed by atoms with E-state index in [1.165, 1.54) is 18.2 Å². The molecule has 0 aromatic heterocycles. The maximum absolute atomic E-state index is 12.3. The number of hydrogen-bond acceptors (Lipinski definition) is 4. The molecule has 0 heterocycles. The summed E-state index contributed by atoms with van der Waals surface area (Å²) in [6, 6.07) is 5.85. The Hall–Kier alpha value is -1.47. The van der Waals surface area contributed by atoms with Crippen molar-refractivity contribution < 1.29 is 27.4 Å². The summed E-state index contributed by atoms with van der Waals surface area (Å²) >= 11 is 0. The summed E-state index contributed by atoms with van der Waals surface area (Å²) in [7, 11) is 3.34. The molecule has 0 radical (unpaired) electrons. The lowest BCUT2D eigenvalue weighted by atomic mass is 9.85. The number of ether oxygens (including phenoxy) is 3. The lowest BCUT2D eigenvalue weighted by Crippen LogP contribution is -2.60. The van der Waals surface area contributed by atoms with Gasteiger partial charge in [0.15, 0.2) is 11.5 Å². The molecular weight excluding hydrogens is 275 g/mol. The minimum absolute atomic E-state index is 0.0615. The summed E-state index contributed by atoms with van der Waals surface area (Å²) in [5.41, 5.74) is 0. The zero-order valence-electron chi connectivity index (χ0n) is 11.1. The predicted molar refractivity (Wildman–Crippen MR) is 65.8 cm³/mol. The van der Waals surface area contributed by atoms with Crippen LogP contribution in [0.1, 0.15) is 6.42 Å². The van der Waals surface area contributed by atoms with Gasteiger partial charge in [0, 0.05) is 19.6 Å². The molecule has 1 N–H and O–H groups in total. The smallest absolute Gasteiger partial charge is 0.484 e. The van der Waals surface area contributed by atoms with Crippen LogP contribution < -0.4 is 14.8 Å². The number of benzene rings is 1. The average molecular weight is 291 g/mol. The van der Waals surface area contributed by atoms with Crippen molar-refractivity contribution in [2.45, 2.75) is 31.0 Å². The van der Waals surface area contributed by atoms with E-state index in [-0.39, 0.29) is 29.7 Å². The van der Waals surface area contributed by atoms with Crippen LogP contribution in [0.4, 0.5) is 13.2 Å². The third-order valence-electron chi connectivity index (χ3n) is 3.25. The Morgan fingerprint density at radius 1 is 1.20 bits per heavy atom. The summed E-state index contributed by atoms with van der Waals surface area (Å²) in [5, 5.41) is 3.05. The molecule has 3 atom stereocenters. The highest BCUT2D eigenvalue weighted by molar-refractivity contribution is 5.40. The SMILES string of the molecule is CNC1CC(Oc2ccccc2OC(F)(F)F)C1OC. The number of para-hydroxylation sites is 2. The van der Waals surface area contributed by atoms with Crippen molar-refractivity contribution in [3.05, 3.63) is 24.3 Å². The first-order valence-corrected chi connectivity index (χ1v) is 6.16. The number of alkyl halides is 3. The van der Waals surface area contributed by atoms with E-state index in [9.17, 15) is 13.2 Å². The summed E-state index contributed by atoms with van der Waals surface area (Å²) in [5.74, 6) is -0.283. The Kier molecular flexibility index (Phi) is 4.39. The van der Waals surface area contributed by atoms with Gasteiger partial charge in [-0.1, -0.05) is 12.1 Å². The van der Waals surface area contributed by atoms with Crippen LogP contribution in [0.2, 0.25) is 0 Å². The van der Waals surface area contributed by atoms with Crippen LogP contribution in [0.15, 0.2) is 24.3 Å². The van der Waals surface area contributed by atoms with Gasteiger partial charge in [-0.25, -0.2) is 0 Å². The maximum atomic E-state index is 12.3. The number of hydrogen-bond donors (Lipinski definition) is 1. The molecule has 1 aliphatic rings. The first kappa shape index (κ1) is 14.9. The van der Waals surface area contributed by atoms with Crippen LogP contribution >= 0.6 is 0 Å². The van der Waals surface area contributed by atoms with E-state index >= 15 is 0 Å². The molecule has 2 rings (SSSR count). The van der Waals surface area contributed by atoms with Gasteiger partial charge in [-0.05, 0) is 19.2 Å². The quantitative estimate of drug-likeness (QED) is 0.904. The second-order valence-corrected chi connectivity index (χ2v) is 4.48. The summed E-state index contributed by atoms with van der Waals surface area (Å²) in [6.07, 6.45) is -4.57. The molecule has 0 saturated heterocycles. The number of likely N-dealkylation sites (N-methyl/N-ethyl adjacent to an activating group) is 1. The Morgan fingerprint density at radius 3 is 2.40 bits per heavy atom. The van der Waals surface area contributed by atoms with E-state index in [2.05, 4.69) is 10.1 Å². The van der Waals surface area contributed by atoms with Gasteiger partial charge in [-0.15, -0.1) is 13.2 Å². The minimum Gasteiger partial charge on any atom is -0.484 e. The average Bonchev–Trinajstić information content (AvgIpc) is 2.34. The van der Waals surface area contributed by atoms with Crippen LogP contribution in [-0.4, -0.2) is 38.8 Å². The molecule has 7 heteroatoms. The van der Waals surface area contributed by atoms with Crippen LogP contribution in [0, 0.1) is 0 Å². The van der Waals surface area contributed by atoms with E-state index < -0.39 is 6.36 Å². The largest absolute Gasteiger partial charge is 0.573 e. The molecule has 3 unspecified atom stereocenters. The lowest BCUT2D eigenvalue weighted by Gasteiger charge is -2.43. The Morgan fingerprint density at radius 2 is 1.85 bits per heavy atom. The highest BCUT2D eigenvalue weighted by Gasteiger charge is 2.43. The lowest BCUT2D eigenvalue weighted by molar-refractivity contribution is -0.275.